The van der Waals surface area contributed by atoms with Gasteiger partial charge in [0.1, 0.15) is 11.8 Å². The van der Waals surface area contributed by atoms with Crippen LogP contribution in [-0.2, 0) is 19.6 Å². The van der Waals surface area contributed by atoms with Crippen LogP contribution in [0.3, 0.4) is 0 Å². The summed E-state index contributed by atoms with van der Waals surface area (Å²) in [5.74, 6) is -0.746. The van der Waals surface area contributed by atoms with E-state index in [4.69, 9.17) is 9.47 Å². The highest BCUT2D eigenvalue weighted by Crippen LogP contribution is 2.32. The Morgan fingerprint density at radius 1 is 1.17 bits per heavy atom. The number of hydrogen-bond donors (Lipinski definition) is 1. The van der Waals surface area contributed by atoms with Crippen LogP contribution >= 0.6 is 0 Å². The average molecular weight is 435 g/mol. The normalized spacial score (nSPS) is 12.0. The molecule has 0 aliphatic heterocycles. The summed E-state index contributed by atoms with van der Waals surface area (Å²) in [7, 11) is -2.38. The van der Waals surface area contributed by atoms with E-state index in [1.165, 1.54) is 20.1 Å². The van der Waals surface area contributed by atoms with Gasteiger partial charge in [-0.2, -0.15) is 0 Å². The van der Waals surface area contributed by atoms with E-state index in [-0.39, 0.29) is 17.9 Å². The lowest BCUT2D eigenvalue weighted by Gasteiger charge is -2.29. The molecule has 1 atom stereocenters. The van der Waals surface area contributed by atoms with E-state index in [1.807, 2.05) is 6.92 Å². The standard InChI is InChI=1S/C21H26N2O6S/c1-6-29-21(25)16-8-7-9-17(13-16)22-20(24)15(3)23(30(5,26)27)18-12-14(2)10-11-19(18)28-4/h7-13,15H,6H2,1-5H3,(H,22,24). The quantitative estimate of drug-likeness (QED) is 0.641. The smallest absolute Gasteiger partial charge is 0.338 e. The van der Waals surface area contributed by atoms with E-state index >= 15 is 0 Å². The van der Waals surface area contributed by atoms with Gasteiger partial charge in [0.2, 0.25) is 15.9 Å². The molecular weight excluding hydrogens is 408 g/mol. The van der Waals surface area contributed by atoms with Crippen LogP contribution in [0.2, 0.25) is 0 Å². The minimum atomic E-state index is -3.81. The number of amides is 1. The molecule has 2 rings (SSSR count). The van der Waals surface area contributed by atoms with Crippen LogP contribution in [0.15, 0.2) is 42.5 Å². The van der Waals surface area contributed by atoms with Gasteiger partial charge in [-0.25, -0.2) is 13.2 Å². The molecule has 0 spiro atoms. The fourth-order valence-corrected chi connectivity index (χ4v) is 4.11. The number of carbonyl (C=O) groups excluding carboxylic acids is 2. The molecule has 0 aliphatic carbocycles. The van der Waals surface area contributed by atoms with Gasteiger partial charge in [0.05, 0.1) is 31.2 Å². The molecule has 0 heterocycles. The minimum Gasteiger partial charge on any atom is -0.495 e. The highest BCUT2D eigenvalue weighted by Gasteiger charge is 2.31. The molecule has 0 fully saturated rings. The molecule has 1 amide bonds. The Balaban J connectivity index is 2.35. The van der Waals surface area contributed by atoms with Crippen molar-refractivity contribution in [1.82, 2.24) is 0 Å². The van der Waals surface area contributed by atoms with Crippen LogP contribution in [0.25, 0.3) is 0 Å². The van der Waals surface area contributed by atoms with E-state index in [0.717, 1.165) is 16.1 Å². The van der Waals surface area contributed by atoms with Crippen molar-refractivity contribution >= 4 is 33.3 Å². The third-order valence-corrected chi connectivity index (χ3v) is 5.53. The zero-order valence-electron chi connectivity index (χ0n) is 17.6. The molecule has 1 N–H and O–H groups in total. The first kappa shape index (κ1) is 23.2. The molecule has 162 valence electrons. The maximum atomic E-state index is 12.9. The SMILES string of the molecule is CCOC(=O)c1cccc(NC(=O)C(C)N(c2cc(C)ccc2OC)S(C)(=O)=O)c1. The van der Waals surface area contributed by atoms with Crippen molar-refractivity contribution in [2.24, 2.45) is 0 Å². The Hall–Kier alpha value is -3.07. The molecule has 8 nitrogen and oxygen atoms in total. The molecule has 1 unspecified atom stereocenters. The number of rotatable bonds is 8. The summed E-state index contributed by atoms with van der Waals surface area (Å²) in [6, 6.07) is 10.2. The highest BCUT2D eigenvalue weighted by molar-refractivity contribution is 7.92. The third kappa shape index (κ3) is 5.50. The lowest BCUT2D eigenvalue weighted by Crippen LogP contribution is -2.45. The number of carbonyl (C=O) groups is 2. The molecule has 0 aliphatic rings. The number of sulfonamides is 1. The topological polar surface area (TPSA) is 102 Å². The Morgan fingerprint density at radius 2 is 1.87 bits per heavy atom. The summed E-state index contributed by atoms with van der Waals surface area (Å²) in [6.07, 6.45) is 1.03. The van der Waals surface area contributed by atoms with Crippen molar-refractivity contribution < 1.29 is 27.5 Å². The minimum absolute atomic E-state index is 0.230. The van der Waals surface area contributed by atoms with Gasteiger partial charge in [-0.15, -0.1) is 0 Å². The lowest BCUT2D eigenvalue weighted by molar-refractivity contribution is -0.116. The first-order chi connectivity index (χ1) is 14.1. The fourth-order valence-electron chi connectivity index (χ4n) is 2.94. The molecule has 2 aromatic carbocycles. The van der Waals surface area contributed by atoms with E-state index < -0.39 is 27.9 Å². The number of esters is 1. The molecule has 9 heteroatoms. The van der Waals surface area contributed by atoms with Gasteiger partial charge in [-0.3, -0.25) is 9.10 Å². The van der Waals surface area contributed by atoms with Crippen molar-refractivity contribution in [3.63, 3.8) is 0 Å². The summed E-state index contributed by atoms with van der Waals surface area (Å²) in [5.41, 5.74) is 1.71. The van der Waals surface area contributed by atoms with E-state index in [1.54, 1.807) is 43.3 Å². The van der Waals surface area contributed by atoms with Gasteiger partial charge >= 0.3 is 5.97 Å². The van der Waals surface area contributed by atoms with Crippen molar-refractivity contribution in [2.45, 2.75) is 26.8 Å². The van der Waals surface area contributed by atoms with Gasteiger partial charge < -0.3 is 14.8 Å². The summed E-state index contributed by atoms with van der Waals surface area (Å²) in [5, 5.41) is 2.66. The van der Waals surface area contributed by atoms with Gasteiger partial charge in [0, 0.05) is 5.69 Å². The van der Waals surface area contributed by atoms with Crippen LogP contribution in [-0.4, -0.2) is 46.3 Å². The largest absolute Gasteiger partial charge is 0.495 e. The molecule has 0 radical (unpaired) electrons. The average Bonchev–Trinajstić information content (AvgIpc) is 2.67. The number of anilines is 2. The molecule has 0 saturated heterocycles. The van der Waals surface area contributed by atoms with Crippen molar-refractivity contribution in [1.29, 1.82) is 0 Å². The predicted molar refractivity (Wildman–Crippen MR) is 116 cm³/mol. The second kappa shape index (κ2) is 9.62. The van der Waals surface area contributed by atoms with Crippen LogP contribution < -0.4 is 14.4 Å². The Labute approximate surface area is 176 Å². The molecule has 0 bridgehead atoms. The highest BCUT2D eigenvalue weighted by atomic mass is 32.2. The first-order valence-corrected chi connectivity index (χ1v) is 11.2. The number of nitrogens with one attached hydrogen (secondary N) is 1. The van der Waals surface area contributed by atoms with Gasteiger partial charge in [0.15, 0.2) is 0 Å². The zero-order valence-corrected chi connectivity index (χ0v) is 18.4. The third-order valence-electron chi connectivity index (χ3n) is 4.30. The number of hydrogen-bond acceptors (Lipinski definition) is 6. The number of methoxy groups -OCH3 is 1. The fraction of sp³-hybridized carbons (Fsp3) is 0.333. The van der Waals surface area contributed by atoms with E-state index in [2.05, 4.69) is 5.32 Å². The Morgan fingerprint density at radius 3 is 2.47 bits per heavy atom. The lowest BCUT2D eigenvalue weighted by atomic mass is 10.1. The maximum Gasteiger partial charge on any atom is 0.338 e. The molecule has 0 aromatic heterocycles. The van der Waals surface area contributed by atoms with E-state index in [0.29, 0.717) is 11.4 Å². The summed E-state index contributed by atoms with van der Waals surface area (Å²) >= 11 is 0. The van der Waals surface area contributed by atoms with Crippen molar-refractivity contribution in [3.8, 4) is 5.75 Å². The Bertz CT molecular complexity index is 1040. The van der Waals surface area contributed by atoms with Crippen molar-refractivity contribution in [2.75, 3.05) is 29.6 Å². The van der Waals surface area contributed by atoms with Crippen LogP contribution in [0.1, 0.15) is 29.8 Å². The second-order valence-corrected chi connectivity index (χ2v) is 8.56. The van der Waals surface area contributed by atoms with Crippen LogP contribution in [0, 0.1) is 6.92 Å². The van der Waals surface area contributed by atoms with Crippen LogP contribution in [0.5, 0.6) is 5.75 Å². The first-order valence-electron chi connectivity index (χ1n) is 9.30. The number of ether oxygens (including phenoxy) is 2. The van der Waals surface area contributed by atoms with Gasteiger partial charge in [-0.05, 0) is 56.7 Å². The molecule has 30 heavy (non-hydrogen) atoms. The zero-order chi connectivity index (χ0) is 22.5. The number of benzene rings is 2. The Kier molecular flexibility index (Phi) is 7.44. The predicted octanol–water partition coefficient (Wildman–Crippen LogP) is 2.97. The molecular formula is C21H26N2O6S. The monoisotopic (exact) mass is 434 g/mol. The van der Waals surface area contributed by atoms with E-state index in [9.17, 15) is 18.0 Å². The maximum absolute atomic E-state index is 12.9. The second-order valence-electron chi connectivity index (χ2n) is 6.70. The van der Waals surface area contributed by atoms with Gasteiger partial charge in [0.25, 0.3) is 0 Å². The molecule has 0 saturated carbocycles. The number of aryl methyl sites for hydroxylation is 1. The van der Waals surface area contributed by atoms with Gasteiger partial charge in [-0.1, -0.05) is 12.1 Å². The molecule has 2 aromatic rings. The van der Waals surface area contributed by atoms with Crippen LogP contribution in [0.4, 0.5) is 11.4 Å². The van der Waals surface area contributed by atoms with Crippen molar-refractivity contribution in [3.05, 3.63) is 53.6 Å². The summed E-state index contributed by atoms with van der Waals surface area (Å²) in [6.45, 7) is 5.22. The summed E-state index contributed by atoms with van der Waals surface area (Å²) < 4.78 is 36.4. The summed E-state index contributed by atoms with van der Waals surface area (Å²) in [4.78, 5) is 24.8. The number of nitrogens with zero attached hydrogens (tertiary/aromatic N) is 1.